The molecule has 25 heavy (non-hydrogen) atoms. The van der Waals surface area contributed by atoms with Gasteiger partial charge < -0.3 is 26.0 Å². The third-order valence-corrected chi connectivity index (χ3v) is 4.27. The molecule has 0 saturated carbocycles. The first-order chi connectivity index (χ1) is 12.3. The molecule has 1 aliphatic heterocycles. The zero-order chi connectivity index (χ0) is 17.2. The normalized spacial score (nSPS) is 16.2. The fraction of sp³-hybridized carbons (Fsp3) is 0.235. The number of H-pyrrole nitrogens is 1. The lowest BCUT2D eigenvalue weighted by molar-refractivity contribution is -0.117. The first-order valence-electron chi connectivity index (χ1n) is 8.08. The molecule has 0 unspecified atom stereocenters. The Labute approximate surface area is 143 Å². The highest BCUT2D eigenvalue weighted by Crippen LogP contribution is 2.30. The molecule has 0 spiro atoms. The lowest BCUT2D eigenvalue weighted by Crippen LogP contribution is -2.42. The molecular formula is C17H18N6O2. The average Bonchev–Trinajstić information content (AvgIpc) is 3.05. The molecule has 8 heteroatoms. The second-order valence-electron chi connectivity index (χ2n) is 5.85. The van der Waals surface area contributed by atoms with E-state index >= 15 is 0 Å². The maximum Gasteiger partial charge on any atom is 0.249 e. The van der Waals surface area contributed by atoms with Crippen LogP contribution in [0.1, 0.15) is 5.56 Å². The molecule has 0 radical (unpaired) electrons. The molecule has 5 N–H and O–H groups in total. The van der Waals surface area contributed by atoms with Gasteiger partial charge in [-0.2, -0.15) is 0 Å². The summed E-state index contributed by atoms with van der Waals surface area (Å²) >= 11 is 0. The Morgan fingerprint density at radius 1 is 1.24 bits per heavy atom. The first-order valence-corrected chi connectivity index (χ1v) is 8.08. The molecule has 3 aromatic rings. The first kappa shape index (κ1) is 15.4. The Balaban J connectivity index is 1.48. The van der Waals surface area contributed by atoms with Crippen LogP contribution in [-0.2, 0) is 11.2 Å². The van der Waals surface area contributed by atoms with E-state index in [1.165, 1.54) is 17.3 Å². The number of benzene rings is 1. The zero-order valence-electron chi connectivity index (χ0n) is 13.4. The Bertz CT molecular complexity index is 922. The van der Waals surface area contributed by atoms with E-state index < -0.39 is 6.04 Å². The number of nitrogens with one attached hydrogen (secondary N) is 4. The molecular weight excluding hydrogens is 320 g/mol. The minimum atomic E-state index is -0.693. The Kier molecular flexibility index (Phi) is 3.95. The van der Waals surface area contributed by atoms with Gasteiger partial charge in [-0.1, -0.05) is 18.2 Å². The van der Waals surface area contributed by atoms with Crippen molar-refractivity contribution >= 4 is 34.1 Å². The third-order valence-electron chi connectivity index (χ3n) is 4.27. The number of aliphatic hydroxyl groups excluding tert-OH is 1. The van der Waals surface area contributed by atoms with Crippen molar-refractivity contribution in [1.29, 1.82) is 0 Å². The summed E-state index contributed by atoms with van der Waals surface area (Å²) in [5.41, 5.74) is 2.84. The predicted molar refractivity (Wildman–Crippen MR) is 95.7 cm³/mol. The largest absolute Gasteiger partial charge is 0.394 e. The van der Waals surface area contributed by atoms with Crippen LogP contribution in [-0.4, -0.2) is 45.2 Å². The van der Waals surface area contributed by atoms with Gasteiger partial charge in [-0.05, 0) is 18.1 Å². The number of nitrogens with zero attached hydrogens (tertiary/aromatic N) is 2. The SMILES string of the molecule is O=C1Nc2c(NCCc3c[nH]c4ccccc34)ncnc2N[C@@H]1CO. The maximum absolute atomic E-state index is 11.9. The minimum Gasteiger partial charge on any atom is -0.394 e. The molecule has 3 heterocycles. The number of aromatic nitrogens is 3. The Hall–Kier alpha value is -3.13. The van der Waals surface area contributed by atoms with E-state index in [2.05, 4.69) is 37.0 Å². The summed E-state index contributed by atoms with van der Waals surface area (Å²) in [6.07, 6.45) is 4.24. The molecule has 4 rings (SSSR count). The highest BCUT2D eigenvalue weighted by molar-refractivity contribution is 6.04. The summed E-state index contributed by atoms with van der Waals surface area (Å²) in [4.78, 5) is 23.5. The van der Waals surface area contributed by atoms with Crippen LogP contribution in [0.5, 0.6) is 0 Å². The topological polar surface area (TPSA) is 115 Å². The predicted octanol–water partition coefficient (Wildman–Crippen LogP) is 1.34. The van der Waals surface area contributed by atoms with Gasteiger partial charge in [-0.3, -0.25) is 4.79 Å². The second kappa shape index (κ2) is 6.40. The van der Waals surface area contributed by atoms with Gasteiger partial charge in [0.1, 0.15) is 18.1 Å². The van der Waals surface area contributed by atoms with E-state index in [1.54, 1.807) is 0 Å². The van der Waals surface area contributed by atoms with E-state index in [0.717, 1.165) is 11.9 Å². The maximum atomic E-state index is 11.9. The number of aromatic amines is 1. The molecule has 8 nitrogen and oxygen atoms in total. The van der Waals surface area contributed by atoms with Crippen LogP contribution in [0, 0.1) is 0 Å². The van der Waals surface area contributed by atoms with Crippen molar-refractivity contribution in [3.05, 3.63) is 42.4 Å². The van der Waals surface area contributed by atoms with Crippen LogP contribution in [0.4, 0.5) is 17.3 Å². The number of carbonyl (C=O) groups excluding carboxylic acids is 1. The van der Waals surface area contributed by atoms with E-state index in [4.69, 9.17) is 0 Å². The number of hydrogen-bond acceptors (Lipinski definition) is 6. The molecule has 1 atom stereocenters. The number of hydrogen-bond donors (Lipinski definition) is 5. The zero-order valence-corrected chi connectivity index (χ0v) is 13.4. The van der Waals surface area contributed by atoms with Crippen molar-refractivity contribution in [3.8, 4) is 0 Å². The smallest absolute Gasteiger partial charge is 0.249 e. The molecule has 1 aliphatic rings. The molecule has 128 valence electrons. The van der Waals surface area contributed by atoms with Crippen LogP contribution in [0.25, 0.3) is 10.9 Å². The van der Waals surface area contributed by atoms with Gasteiger partial charge in [-0.15, -0.1) is 0 Å². The summed E-state index contributed by atoms with van der Waals surface area (Å²) in [5, 5.41) is 19.3. The van der Waals surface area contributed by atoms with Crippen molar-refractivity contribution in [2.75, 3.05) is 29.1 Å². The number of amides is 1. The lowest BCUT2D eigenvalue weighted by atomic mass is 10.1. The molecule has 2 aromatic heterocycles. The molecule has 0 aliphatic carbocycles. The monoisotopic (exact) mass is 338 g/mol. The van der Waals surface area contributed by atoms with Gasteiger partial charge in [-0.25, -0.2) is 9.97 Å². The van der Waals surface area contributed by atoms with Gasteiger partial charge in [0.05, 0.1) is 6.61 Å². The number of para-hydroxylation sites is 1. The van der Waals surface area contributed by atoms with Crippen LogP contribution < -0.4 is 16.0 Å². The number of rotatable bonds is 5. The van der Waals surface area contributed by atoms with Gasteiger partial charge in [0.2, 0.25) is 5.91 Å². The van der Waals surface area contributed by atoms with Crippen molar-refractivity contribution < 1.29 is 9.90 Å². The molecule has 0 fully saturated rings. The summed E-state index contributed by atoms with van der Waals surface area (Å²) < 4.78 is 0. The highest BCUT2D eigenvalue weighted by atomic mass is 16.3. The lowest BCUT2D eigenvalue weighted by Gasteiger charge is -2.25. The summed E-state index contributed by atoms with van der Waals surface area (Å²) in [6.45, 7) is 0.364. The molecule has 1 amide bonds. The van der Waals surface area contributed by atoms with Gasteiger partial charge in [0.25, 0.3) is 0 Å². The van der Waals surface area contributed by atoms with Gasteiger partial charge in [0.15, 0.2) is 11.6 Å². The fourth-order valence-corrected chi connectivity index (χ4v) is 2.97. The molecule has 0 bridgehead atoms. The van der Waals surface area contributed by atoms with Crippen molar-refractivity contribution in [2.45, 2.75) is 12.5 Å². The number of anilines is 3. The average molecular weight is 338 g/mol. The highest BCUT2D eigenvalue weighted by Gasteiger charge is 2.27. The van der Waals surface area contributed by atoms with Crippen molar-refractivity contribution in [3.63, 3.8) is 0 Å². The third kappa shape index (κ3) is 2.87. The van der Waals surface area contributed by atoms with Gasteiger partial charge in [0, 0.05) is 23.6 Å². The second-order valence-corrected chi connectivity index (χ2v) is 5.85. The Morgan fingerprint density at radius 2 is 2.12 bits per heavy atom. The standard InChI is InChI=1S/C17H18N6O2/c24-8-13-17(25)23-14-15(20-9-21-16(14)22-13)18-6-5-10-7-19-12-4-2-1-3-11(10)12/h1-4,7,9,13,19,24H,5-6,8H2,(H,23,25)(H2,18,20,21,22)/t13-/m1/s1. The van der Waals surface area contributed by atoms with Crippen molar-refractivity contribution in [1.82, 2.24) is 15.0 Å². The Morgan fingerprint density at radius 3 is 3.00 bits per heavy atom. The number of fused-ring (bicyclic) bond motifs is 2. The number of aliphatic hydroxyl groups is 1. The van der Waals surface area contributed by atoms with E-state index in [1.807, 2.05) is 24.4 Å². The summed E-state index contributed by atoms with van der Waals surface area (Å²) in [5.74, 6) is 0.759. The summed E-state index contributed by atoms with van der Waals surface area (Å²) in [7, 11) is 0. The van der Waals surface area contributed by atoms with Crippen LogP contribution in [0.3, 0.4) is 0 Å². The quantitative estimate of drug-likeness (QED) is 0.479. The van der Waals surface area contributed by atoms with Crippen LogP contribution in [0.15, 0.2) is 36.8 Å². The molecule has 0 saturated heterocycles. The van der Waals surface area contributed by atoms with E-state index in [-0.39, 0.29) is 12.5 Å². The number of carbonyl (C=O) groups is 1. The van der Waals surface area contributed by atoms with Gasteiger partial charge >= 0.3 is 0 Å². The van der Waals surface area contributed by atoms with Crippen molar-refractivity contribution in [2.24, 2.45) is 0 Å². The van der Waals surface area contributed by atoms with Crippen LogP contribution >= 0.6 is 0 Å². The molecule has 1 aromatic carbocycles. The minimum absolute atomic E-state index is 0.293. The van der Waals surface area contributed by atoms with Crippen LogP contribution in [0.2, 0.25) is 0 Å². The van der Waals surface area contributed by atoms with E-state index in [0.29, 0.717) is 23.9 Å². The van der Waals surface area contributed by atoms with E-state index in [9.17, 15) is 9.90 Å². The summed E-state index contributed by atoms with van der Waals surface area (Å²) in [6, 6.07) is 7.47. The fourth-order valence-electron chi connectivity index (χ4n) is 2.97.